The van der Waals surface area contributed by atoms with E-state index in [0.717, 1.165) is 10.5 Å². The Kier molecular flexibility index (Phi) is 3.35. The molecule has 2 aromatic heterocycles. The smallest absolute Gasteiger partial charge is 0.181 e. The number of nitrogens with one attached hydrogen (secondary N) is 1. The fourth-order valence-electron chi connectivity index (χ4n) is 1.64. The van der Waals surface area contributed by atoms with E-state index in [0.29, 0.717) is 22.0 Å². The summed E-state index contributed by atoms with van der Waals surface area (Å²) in [4.78, 5) is 15.2. The summed E-state index contributed by atoms with van der Waals surface area (Å²) in [7, 11) is 0. The van der Waals surface area contributed by atoms with Crippen LogP contribution in [0.25, 0.3) is 11.2 Å². The van der Waals surface area contributed by atoms with Crippen molar-refractivity contribution < 1.29 is 4.39 Å². The number of fused-ring (bicyclic) bond motifs is 1. The number of aromatic nitrogens is 4. The molecule has 3 rings (SSSR count). The van der Waals surface area contributed by atoms with Gasteiger partial charge in [0.2, 0.25) is 0 Å². The van der Waals surface area contributed by atoms with E-state index >= 15 is 0 Å². The molecule has 0 atom stereocenters. The van der Waals surface area contributed by atoms with Crippen LogP contribution in [-0.2, 0) is 5.75 Å². The molecule has 0 unspecified atom stereocenters. The number of nitrogens with zero attached hydrogens (tertiary/aromatic N) is 3. The molecule has 2 heterocycles. The molecule has 0 saturated carbocycles. The lowest BCUT2D eigenvalue weighted by atomic mass is 10.2. The summed E-state index contributed by atoms with van der Waals surface area (Å²) in [6.07, 6.45) is 3.01. The molecule has 0 amide bonds. The van der Waals surface area contributed by atoms with E-state index in [1.807, 2.05) is 0 Å². The summed E-state index contributed by atoms with van der Waals surface area (Å²) in [6, 6.07) is 4.66. The lowest BCUT2D eigenvalue weighted by Crippen LogP contribution is -1.90. The first-order valence-corrected chi connectivity index (χ1v) is 6.81. The second kappa shape index (κ2) is 5.14. The third kappa shape index (κ3) is 2.54. The second-order valence-electron chi connectivity index (χ2n) is 3.80. The normalized spacial score (nSPS) is 11.1. The maximum atomic E-state index is 13.7. The standard InChI is InChI=1S/C12H8ClFN4S/c13-8-2-1-7(9(14)3-8)4-19-12-10-11(16-5-15-10)17-6-18-12/h1-3,5-6H,4H2,(H,15,16,17,18). The van der Waals surface area contributed by atoms with Gasteiger partial charge >= 0.3 is 0 Å². The molecule has 0 radical (unpaired) electrons. The highest BCUT2D eigenvalue weighted by atomic mass is 35.5. The highest BCUT2D eigenvalue weighted by molar-refractivity contribution is 7.98. The Labute approximate surface area is 117 Å². The fourth-order valence-corrected chi connectivity index (χ4v) is 2.74. The minimum absolute atomic E-state index is 0.310. The van der Waals surface area contributed by atoms with Gasteiger partial charge in [-0.05, 0) is 17.7 Å². The summed E-state index contributed by atoms with van der Waals surface area (Å²) >= 11 is 7.14. The van der Waals surface area contributed by atoms with E-state index in [-0.39, 0.29) is 5.82 Å². The number of hydrogen-bond donors (Lipinski definition) is 1. The van der Waals surface area contributed by atoms with Gasteiger partial charge in [-0.15, -0.1) is 0 Å². The number of hydrogen-bond acceptors (Lipinski definition) is 4. The van der Waals surface area contributed by atoms with E-state index in [2.05, 4.69) is 19.9 Å². The largest absolute Gasteiger partial charge is 0.341 e. The van der Waals surface area contributed by atoms with Gasteiger partial charge in [0.15, 0.2) is 5.65 Å². The van der Waals surface area contributed by atoms with Gasteiger partial charge in [0.1, 0.15) is 22.7 Å². The van der Waals surface area contributed by atoms with Gasteiger partial charge in [0.05, 0.1) is 6.33 Å². The van der Waals surface area contributed by atoms with Crippen molar-refractivity contribution in [3.05, 3.63) is 47.3 Å². The molecule has 0 spiro atoms. The average molecular weight is 295 g/mol. The molecule has 0 saturated heterocycles. The zero-order valence-electron chi connectivity index (χ0n) is 9.60. The summed E-state index contributed by atoms with van der Waals surface area (Å²) in [6.45, 7) is 0. The second-order valence-corrected chi connectivity index (χ2v) is 5.20. The van der Waals surface area contributed by atoms with Gasteiger partial charge in [-0.1, -0.05) is 29.4 Å². The van der Waals surface area contributed by atoms with E-state index in [9.17, 15) is 4.39 Å². The van der Waals surface area contributed by atoms with Crippen molar-refractivity contribution in [1.82, 2.24) is 19.9 Å². The van der Waals surface area contributed by atoms with Crippen LogP contribution in [0.1, 0.15) is 5.56 Å². The number of halogens is 2. The molecular formula is C12H8ClFN4S. The van der Waals surface area contributed by atoms with Gasteiger partial charge < -0.3 is 4.98 Å². The van der Waals surface area contributed by atoms with Crippen molar-refractivity contribution in [2.75, 3.05) is 0 Å². The van der Waals surface area contributed by atoms with Crippen molar-refractivity contribution >= 4 is 34.5 Å². The molecular weight excluding hydrogens is 287 g/mol. The van der Waals surface area contributed by atoms with Crippen molar-refractivity contribution in [2.24, 2.45) is 0 Å². The Morgan fingerprint density at radius 3 is 3.00 bits per heavy atom. The highest BCUT2D eigenvalue weighted by Crippen LogP contribution is 2.27. The SMILES string of the molecule is Fc1cc(Cl)ccc1CSc1ncnc2nc[nH]c12. The Morgan fingerprint density at radius 1 is 1.26 bits per heavy atom. The molecule has 7 heteroatoms. The molecule has 0 aliphatic heterocycles. The van der Waals surface area contributed by atoms with Gasteiger partial charge in [0, 0.05) is 10.8 Å². The Balaban J connectivity index is 1.84. The van der Waals surface area contributed by atoms with Crippen LogP contribution < -0.4 is 0 Å². The van der Waals surface area contributed by atoms with Crippen molar-refractivity contribution in [3.8, 4) is 0 Å². The lowest BCUT2D eigenvalue weighted by molar-refractivity contribution is 0.617. The fraction of sp³-hybridized carbons (Fsp3) is 0.0833. The molecule has 4 nitrogen and oxygen atoms in total. The van der Waals surface area contributed by atoms with Crippen molar-refractivity contribution in [1.29, 1.82) is 0 Å². The first kappa shape index (κ1) is 12.4. The van der Waals surface area contributed by atoms with Crippen LogP contribution in [0, 0.1) is 5.82 Å². The predicted molar refractivity (Wildman–Crippen MR) is 72.7 cm³/mol. The third-order valence-electron chi connectivity index (χ3n) is 2.57. The van der Waals surface area contributed by atoms with Crippen LogP contribution in [0.15, 0.2) is 35.9 Å². The molecule has 0 fully saturated rings. The number of imidazole rings is 1. The van der Waals surface area contributed by atoms with Gasteiger partial charge in [-0.3, -0.25) is 0 Å². The zero-order valence-corrected chi connectivity index (χ0v) is 11.2. The third-order valence-corrected chi connectivity index (χ3v) is 3.84. The van der Waals surface area contributed by atoms with Crippen LogP contribution in [0.3, 0.4) is 0 Å². The predicted octanol–water partition coefficient (Wildman–Crippen LogP) is 3.44. The Morgan fingerprint density at radius 2 is 2.16 bits per heavy atom. The molecule has 96 valence electrons. The monoisotopic (exact) mass is 294 g/mol. The summed E-state index contributed by atoms with van der Waals surface area (Å²) in [5, 5.41) is 1.14. The zero-order chi connectivity index (χ0) is 13.2. The van der Waals surface area contributed by atoms with Gasteiger partial charge in [-0.25, -0.2) is 19.3 Å². The first-order valence-electron chi connectivity index (χ1n) is 5.45. The van der Waals surface area contributed by atoms with Crippen LogP contribution in [-0.4, -0.2) is 19.9 Å². The molecule has 0 aliphatic rings. The molecule has 1 N–H and O–H groups in total. The van der Waals surface area contributed by atoms with Crippen LogP contribution >= 0.6 is 23.4 Å². The topological polar surface area (TPSA) is 54.5 Å². The van der Waals surface area contributed by atoms with Crippen molar-refractivity contribution in [3.63, 3.8) is 0 Å². The molecule has 1 aromatic carbocycles. The average Bonchev–Trinajstić information content (AvgIpc) is 2.86. The minimum Gasteiger partial charge on any atom is -0.341 e. The number of thioether (sulfide) groups is 1. The molecule has 0 aliphatic carbocycles. The molecule has 19 heavy (non-hydrogen) atoms. The van der Waals surface area contributed by atoms with E-state index in [1.54, 1.807) is 18.5 Å². The number of aromatic amines is 1. The van der Waals surface area contributed by atoms with E-state index in [1.165, 1.54) is 24.2 Å². The minimum atomic E-state index is -0.310. The number of H-pyrrole nitrogens is 1. The van der Waals surface area contributed by atoms with Gasteiger partial charge in [0.25, 0.3) is 0 Å². The van der Waals surface area contributed by atoms with Gasteiger partial charge in [-0.2, -0.15) is 0 Å². The van der Waals surface area contributed by atoms with Crippen molar-refractivity contribution in [2.45, 2.75) is 10.8 Å². The van der Waals surface area contributed by atoms with E-state index in [4.69, 9.17) is 11.6 Å². The first-order chi connectivity index (χ1) is 9.24. The van der Waals surface area contributed by atoms with Crippen LogP contribution in [0.5, 0.6) is 0 Å². The number of benzene rings is 1. The van der Waals surface area contributed by atoms with Crippen LogP contribution in [0.2, 0.25) is 5.02 Å². The summed E-state index contributed by atoms with van der Waals surface area (Å²) in [5.41, 5.74) is 1.96. The Bertz CT molecular complexity index is 731. The molecule has 3 aromatic rings. The highest BCUT2D eigenvalue weighted by Gasteiger charge is 2.09. The quantitative estimate of drug-likeness (QED) is 0.594. The Hall–Kier alpha value is -1.66. The lowest BCUT2D eigenvalue weighted by Gasteiger charge is -2.03. The summed E-state index contributed by atoms with van der Waals surface area (Å²) < 4.78 is 13.7. The maximum Gasteiger partial charge on any atom is 0.181 e. The number of rotatable bonds is 3. The summed E-state index contributed by atoms with van der Waals surface area (Å²) in [5.74, 6) is 0.156. The molecule has 0 bridgehead atoms. The van der Waals surface area contributed by atoms with Crippen LogP contribution in [0.4, 0.5) is 4.39 Å². The van der Waals surface area contributed by atoms with E-state index < -0.39 is 0 Å². The maximum absolute atomic E-state index is 13.7.